The van der Waals surface area contributed by atoms with Crippen molar-refractivity contribution in [1.82, 2.24) is 0 Å². The normalized spacial score (nSPS) is 9.94. The van der Waals surface area contributed by atoms with Crippen molar-refractivity contribution in [3.63, 3.8) is 0 Å². The summed E-state index contributed by atoms with van der Waals surface area (Å²) in [5.74, 6) is -4.32. The number of nitro benzene ring substituents is 2. The number of rotatable bonds is 10. The van der Waals surface area contributed by atoms with E-state index in [1.54, 1.807) is 0 Å². The van der Waals surface area contributed by atoms with E-state index in [1.165, 1.54) is 24.3 Å². The molecular weight excluding hydrogens is 448 g/mol. The van der Waals surface area contributed by atoms with Gasteiger partial charge in [-0.15, -0.1) is 0 Å². The zero-order chi connectivity index (χ0) is 24.4. The maximum absolute atomic E-state index is 11.6. The van der Waals surface area contributed by atoms with Gasteiger partial charge in [0, 0.05) is 24.3 Å². The molecule has 0 radical (unpaired) electrons. The molecule has 0 N–H and O–H groups in total. The Labute approximate surface area is 183 Å². The summed E-state index contributed by atoms with van der Waals surface area (Å²) < 4.78 is 18.7. The monoisotopic (exact) mass is 462 g/mol. The van der Waals surface area contributed by atoms with Crippen molar-refractivity contribution in [1.29, 1.82) is 0 Å². The lowest BCUT2D eigenvalue weighted by Crippen LogP contribution is -2.23. The standard InChI is InChI=1S/C19H14N2O12/c22-16(30-10-18(24)32-14-5-1-12(2-6-14)20(26)27)9-17(23)31-11-19(25)33-15-7-3-13(4-8-15)21(28)29/h1-8H,9-11H2. The highest BCUT2D eigenvalue weighted by atomic mass is 16.6. The molecular formula is C19H14N2O12. The molecule has 0 saturated carbocycles. The summed E-state index contributed by atoms with van der Waals surface area (Å²) in [6.45, 7) is -1.68. The van der Waals surface area contributed by atoms with E-state index < -0.39 is 53.4 Å². The molecule has 2 aromatic carbocycles. The minimum atomic E-state index is -1.13. The van der Waals surface area contributed by atoms with Gasteiger partial charge in [0.15, 0.2) is 13.2 Å². The molecule has 0 fully saturated rings. The van der Waals surface area contributed by atoms with Crippen LogP contribution >= 0.6 is 0 Å². The second-order valence-electron chi connectivity index (χ2n) is 5.95. The van der Waals surface area contributed by atoms with E-state index in [2.05, 4.69) is 9.47 Å². The number of esters is 4. The molecule has 0 heterocycles. The Morgan fingerprint density at radius 1 is 0.606 bits per heavy atom. The van der Waals surface area contributed by atoms with E-state index >= 15 is 0 Å². The maximum Gasteiger partial charge on any atom is 0.349 e. The van der Waals surface area contributed by atoms with Crippen LogP contribution in [0.5, 0.6) is 11.5 Å². The molecule has 0 aromatic heterocycles. The first-order valence-corrected chi connectivity index (χ1v) is 8.85. The minimum Gasteiger partial charge on any atom is -0.453 e. The third-order valence-corrected chi connectivity index (χ3v) is 3.55. The Balaban J connectivity index is 1.67. The van der Waals surface area contributed by atoms with Crippen molar-refractivity contribution >= 4 is 35.3 Å². The van der Waals surface area contributed by atoms with Gasteiger partial charge in [0.2, 0.25) is 0 Å². The Bertz CT molecular complexity index is 978. The van der Waals surface area contributed by atoms with Gasteiger partial charge in [-0.1, -0.05) is 0 Å². The summed E-state index contributed by atoms with van der Waals surface area (Å²) in [7, 11) is 0. The average Bonchev–Trinajstić information content (AvgIpc) is 2.77. The molecule has 2 rings (SSSR count). The number of carbonyl (C=O) groups is 4. The second-order valence-corrected chi connectivity index (χ2v) is 5.95. The summed E-state index contributed by atoms with van der Waals surface area (Å²) >= 11 is 0. The van der Waals surface area contributed by atoms with Gasteiger partial charge >= 0.3 is 23.9 Å². The number of ether oxygens (including phenoxy) is 4. The molecule has 2 aromatic rings. The Morgan fingerprint density at radius 2 is 0.939 bits per heavy atom. The smallest absolute Gasteiger partial charge is 0.349 e. The Hall–Kier alpha value is -4.88. The zero-order valence-electron chi connectivity index (χ0n) is 16.5. The molecule has 0 aliphatic carbocycles. The van der Waals surface area contributed by atoms with Crippen LogP contribution in [0.15, 0.2) is 48.5 Å². The quantitative estimate of drug-likeness (QED) is 0.163. The lowest BCUT2D eigenvalue weighted by atomic mass is 10.3. The summed E-state index contributed by atoms with van der Waals surface area (Å²) in [5, 5.41) is 21.1. The van der Waals surface area contributed by atoms with E-state index in [9.17, 15) is 39.4 Å². The van der Waals surface area contributed by atoms with E-state index in [0.717, 1.165) is 24.3 Å². The molecule has 14 nitrogen and oxygen atoms in total. The number of hydrogen-bond acceptors (Lipinski definition) is 12. The number of nitrogens with zero attached hydrogens (tertiary/aromatic N) is 2. The van der Waals surface area contributed by atoms with Gasteiger partial charge in [-0.05, 0) is 24.3 Å². The summed E-state index contributed by atoms with van der Waals surface area (Å²) in [5.41, 5.74) is -0.423. The highest BCUT2D eigenvalue weighted by Crippen LogP contribution is 2.18. The van der Waals surface area contributed by atoms with Crippen molar-refractivity contribution < 1.29 is 48.0 Å². The molecule has 0 saturated heterocycles. The Kier molecular flexibility index (Phi) is 8.50. The van der Waals surface area contributed by atoms with Crippen molar-refractivity contribution in [3.05, 3.63) is 68.8 Å². The Morgan fingerprint density at radius 3 is 1.24 bits per heavy atom. The first-order chi connectivity index (χ1) is 15.6. The molecule has 0 amide bonds. The molecule has 0 aliphatic rings. The first-order valence-electron chi connectivity index (χ1n) is 8.85. The lowest BCUT2D eigenvalue weighted by molar-refractivity contribution is -0.385. The van der Waals surface area contributed by atoms with E-state index in [-0.39, 0.29) is 22.9 Å². The van der Waals surface area contributed by atoms with Crippen LogP contribution in [0, 0.1) is 20.2 Å². The fourth-order valence-corrected chi connectivity index (χ4v) is 2.09. The molecule has 0 unspecified atom stereocenters. The highest BCUT2D eigenvalue weighted by Gasteiger charge is 2.17. The van der Waals surface area contributed by atoms with E-state index in [0.29, 0.717) is 0 Å². The van der Waals surface area contributed by atoms with Gasteiger partial charge in [-0.25, -0.2) is 9.59 Å². The number of non-ortho nitro benzene ring substituents is 2. The van der Waals surface area contributed by atoms with Crippen molar-refractivity contribution in [2.45, 2.75) is 6.42 Å². The second kappa shape index (κ2) is 11.5. The topological polar surface area (TPSA) is 191 Å². The van der Waals surface area contributed by atoms with Crippen LogP contribution < -0.4 is 9.47 Å². The number of carbonyl (C=O) groups excluding carboxylic acids is 4. The first kappa shape index (κ1) is 24.4. The highest BCUT2D eigenvalue weighted by molar-refractivity contribution is 5.92. The molecule has 0 atom stereocenters. The molecule has 0 spiro atoms. The third kappa shape index (κ3) is 8.41. The lowest BCUT2D eigenvalue weighted by Gasteiger charge is -2.07. The SMILES string of the molecule is O=C(CC(=O)OCC(=O)Oc1ccc([N+](=O)[O-])cc1)OCC(=O)Oc1ccc([N+](=O)[O-])cc1. The maximum atomic E-state index is 11.6. The van der Waals surface area contributed by atoms with Crippen molar-refractivity contribution in [3.8, 4) is 11.5 Å². The number of nitro groups is 2. The molecule has 172 valence electrons. The van der Waals surface area contributed by atoms with Crippen LogP contribution in [0.2, 0.25) is 0 Å². The average molecular weight is 462 g/mol. The fraction of sp³-hybridized carbons (Fsp3) is 0.158. The summed E-state index contributed by atoms with van der Waals surface area (Å²) in [6, 6.07) is 9.12. The molecule has 14 heteroatoms. The van der Waals surface area contributed by atoms with Crippen LogP contribution in [0.4, 0.5) is 11.4 Å². The predicted molar refractivity (Wildman–Crippen MR) is 104 cm³/mol. The third-order valence-electron chi connectivity index (χ3n) is 3.55. The van der Waals surface area contributed by atoms with Gasteiger partial charge in [0.1, 0.15) is 17.9 Å². The van der Waals surface area contributed by atoms with Crippen molar-refractivity contribution in [2.75, 3.05) is 13.2 Å². The minimum absolute atomic E-state index is 0.0207. The zero-order valence-corrected chi connectivity index (χ0v) is 16.5. The van der Waals surface area contributed by atoms with E-state index in [4.69, 9.17) is 9.47 Å². The molecule has 0 bridgehead atoms. The van der Waals surface area contributed by atoms with Crippen LogP contribution in [0.3, 0.4) is 0 Å². The largest absolute Gasteiger partial charge is 0.453 e. The van der Waals surface area contributed by atoms with Gasteiger partial charge in [0.05, 0.1) is 9.85 Å². The van der Waals surface area contributed by atoms with E-state index in [1.807, 2.05) is 0 Å². The van der Waals surface area contributed by atoms with Crippen molar-refractivity contribution in [2.24, 2.45) is 0 Å². The summed E-state index contributed by atoms with van der Waals surface area (Å²) in [6.07, 6.45) is -0.907. The van der Waals surface area contributed by atoms with Crippen LogP contribution in [0.1, 0.15) is 6.42 Å². The number of benzene rings is 2. The van der Waals surface area contributed by atoms with Crippen LogP contribution in [-0.4, -0.2) is 46.9 Å². The fourth-order valence-electron chi connectivity index (χ4n) is 2.09. The van der Waals surface area contributed by atoms with Crippen LogP contribution in [0.25, 0.3) is 0 Å². The number of hydrogen-bond donors (Lipinski definition) is 0. The van der Waals surface area contributed by atoms with Gasteiger partial charge < -0.3 is 18.9 Å². The van der Waals surface area contributed by atoms with Crippen LogP contribution in [-0.2, 0) is 28.7 Å². The molecule has 0 aliphatic heterocycles. The predicted octanol–water partition coefficient (Wildman–Crippen LogP) is 1.49. The summed E-state index contributed by atoms with van der Waals surface area (Å²) in [4.78, 5) is 66.2. The van der Waals surface area contributed by atoms with Gasteiger partial charge in [-0.3, -0.25) is 29.8 Å². The molecule has 33 heavy (non-hydrogen) atoms. The van der Waals surface area contributed by atoms with Gasteiger partial charge in [0.25, 0.3) is 11.4 Å². The van der Waals surface area contributed by atoms with Gasteiger partial charge in [-0.2, -0.15) is 0 Å².